The molecule has 0 radical (unpaired) electrons. The van der Waals surface area contributed by atoms with Crippen molar-refractivity contribution in [2.75, 3.05) is 26.2 Å². The number of hydrogen-bond acceptors (Lipinski definition) is 3. The minimum Gasteiger partial charge on any atom is -0.390 e. The lowest BCUT2D eigenvalue weighted by atomic mass is 9.84. The van der Waals surface area contributed by atoms with Crippen molar-refractivity contribution in [2.24, 2.45) is 5.41 Å². The Balaban J connectivity index is 2.35. The van der Waals surface area contributed by atoms with E-state index in [4.69, 9.17) is 0 Å². The third-order valence-electron chi connectivity index (χ3n) is 4.16. The Morgan fingerprint density at radius 2 is 1.83 bits per heavy atom. The molecule has 0 spiro atoms. The molecule has 3 nitrogen and oxygen atoms in total. The number of piperidine rings is 1. The standard InChI is InChI=1S/C15H32N2O/c1-6-16-13(14(2,3)4)7-10-17-11-8-15(5,18)9-12-17/h13,16,18H,6-12H2,1-5H3. The van der Waals surface area contributed by atoms with Crippen molar-refractivity contribution in [2.45, 2.75) is 65.5 Å². The molecule has 0 saturated carbocycles. The smallest absolute Gasteiger partial charge is 0.0644 e. The summed E-state index contributed by atoms with van der Waals surface area (Å²) in [7, 11) is 0. The van der Waals surface area contributed by atoms with Crippen LogP contribution < -0.4 is 5.32 Å². The summed E-state index contributed by atoms with van der Waals surface area (Å²) in [6.45, 7) is 15.3. The van der Waals surface area contributed by atoms with Gasteiger partial charge in [-0.2, -0.15) is 0 Å². The maximum absolute atomic E-state index is 9.94. The SMILES string of the molecule is CCNC(CCN1CCC(C)(O)CC1)C(C)(C)C. The first-order chi connectivity index (χ1) is 8.24. The number of hydrogen-bond donors (Lipinski definition) is 2. The summed E-state index contributed by atoms with van der Waals surface area (Å²) in [5, 5.41) is 13.5. The third kappa shape index (κ3) is 5.25. The Kier molecular flexibility index (Phi) is 5.63. The molecule has 1 aliphatic rings. The Bertz CT molecular complexity index is 235. The van der Waals surface area contributed by atoms with Gasteiger partial charge in [0.2, 0.25) is 0 Å². The Hall–Kier alpha value is -0.120. The molecule has 2 N–H and O–H groups in total. The molecule has 108 valence electrons. The third-order valence-corrected chi connectivity index (χ3v) is 4.16. The second-order valence-corrected chi connectivity index (χ2v) is 7.10. The molecular weight excluding hydrogens is 224 g/mol. The normalized spacial score (nSPS) is 23.0. The topological polar surface area (TPSA) is 35.5 Å². The molecule has 1 heterocycles. The van der Waals surface area contributed by atoms with Crippen molar-refractivity contribution in [1.29, 1.82) is 0 Å². The zero-order valence-electron chi connectivity index (χ0n) is 12.9. The summed E-state index contributed by atoms with van der Waals surface area (Å²) in [6.07, 6.45) is 3.02. The van der Waals surface area contributed by atoms with Gasteiger partial charge < -0.3 is 15.3 Å². The number of aliphatic hydroxyl groups is 1. The summed E-state index contributed by atoms with van der Waals surface area (Å²) in [6, 6.07) is 0.574. The van der Waals surface area contributed by atoms with Crippen LogP contribution in [0.2, 0.25) is 0 Å². The molecule has 0 amide bonds. The molecule has 1 atom stereocenters. The van der Waals surface area contributed by atoms with E-state index < -0.39 is 5.60 Å². The highest BCUT2D eigenvalue weighted by Gasteiger charge is 2.29. The first kappa shape index (κ1) is 15.9. The second-order valence-electron chi connectivity index (χ2n) is 7.10. The lowest BCUT2D eigenvalue weighted by Crippen LogP contribution is -2.46. The number of nitrogens with zero attached hydrogens (tertiary/aromatic N) is 1. The molecule has 0 aromatic heterocycles. The molecule has 1 saturated heterocycles. The van der Waals surface area contributed by atoms with Crippen LogP contribution in [0.25, 0.3) is 0 Å². The molecule has 1 rings (SSSR count). The van der Waals surface area contributed by atoms with Crippen molar-refractivity contribution in [3.63, 3.8) is 0 Å². The van der Waals surface area contributed by atoms with Gasteiger partial charge in [-0.1, -0.05) is 27.7 Å². The summed E-state index contributed by atoms with van der Waals surface area (Å²) in [4.78, 5) is 2.49. The van der Waals surface area contributed by atoms with Crippen molar-refractivity contribution < 1.29 is 5.11 Å². The van der Waals surface area contributed by atoms with Gasteiger partial charge in [0.15, 0.2) is 0 Å². The highest BCUT2D eigenvalue weighted by atomic mass is 16.3. The van der Waals surface area contributed by atoms with Crippen molar-refractivity contribution in [3.8, 4) is 0 Å². The van der Waals surface area contributed by atoms with Crippen LogP contribution in [-0.4, -0.2) is 47.8 Å². The lowest BCUT2D eigenvalue weighted by molar-refractivity contribution is -0.00675. The maximum atomic E-state index is 9.94. The largest absolute Gasteiger partial charge is 0.390 e. The van der Waals surface area contributed by atoms with Gasteiger partial charge in [0.25, 0.3) is 0 Å². The van der Waals surface area contributed by atoms with Gasteiger partial charge >= 0.3 is 0 Å². The number of nitrogens with one attached hydrogen (secondary N) is 1. The van der Waals surface area contributed by atoms with E-state index in [9.17, 15) is 5.11 Å². The van der Waals surface area contributed by atoms with Crippen LogP contribution in [0.4, 0.5) is 0 Å². The summed E-state index contributed by atoms with van der Waals surface area (Å²) in [5.41, 5.74) is -0.112. The fourth-order valence-corrected chi connectivity index (χ4v) is 2.66. The monoisotopic (exact) mass is 256 g/mol. The van der Waals surface area contributed by atoms with Crippen LogP contribution in [0.15, 0.2) is 0 Å². The van der Waals surface area contributed by atoms with Gasteiger partial charge in [-0.25, -0.2) is 0 Å². The Labute approximate surface area is 113 Å². The molecule has 1 unspecified atom stereocenters. The van der Waals surface area contributed by atoms with Crippen molar-refractivity contribution >= 4 is 0 Å². The Morgan fingerprint density at radius 3 is 2.28 bits per heavy atom. The van der Waals surface area contributed by atoms with Crippen LogP contribution in [0, 0.1) is 5.41 Å². The maximum Gasteiger partial charge on any atom is 0.0644 e. The fraction of sp³-hybridized carbons (Fsp3) is 1.00. The zero-order valence-corrected chi connectivity index (χ0v) is 12.9. The predicted molar refractivity (Wildman–Crippen MR) is 77.8 cm³/mol. The first-order valence-corrected chi connectivity index (χ1v) is 7.43. The first-order valence-electron chi connectivity index (χ1n) is 7.43. The summed E-state index contributed by atoms with van der Waals surface area (Å²) < 4.78 is 0. The van der Waals surface area contributed by atoms with Crippen LogP contribution in [0.1, 0.15) is 53.9 Å². The van der Waals surface area contributed by atoms with E-state index in [-0.39, 0.29) is 0 Å². The molecule has 1 aliphatic heterocycles. The molecule has 0 bridgehead atoms. The molecule has 0 aliphatic carbocycles. The average molecular weight is 256 g/mol. The van der Waals surface area contributed by atoms with Crippen LogP contribution in [-0.2, 0) is 0 Å². The molecule has 3 heteroatoms. The minimum absolute atomic E-state index is 0.317. The number of likely N-dealkylation sites (tertiary alicyclic amines) is 1. The second kappa shape index (κ2) is 6.36. The molecule has 18 heavy (non-hydrogen) atoms. The zero-order chi connectivity index (χ0) is 13.8. The minimum atomic E-state index is -0.429. The van der Waals surface area contributed by atoms with Gasteiger partial charge in [-0.15, -0.1) is 0 Å². The van der Waals surface area contributed by atoms with Gasteiger partial charge in [-0.3, -0.25) is 0 Å². The van der Waals surface area contributed by atoms with Crippen molar-refractivity contribution in [1.82, 2.24) is 10.2 Å². The fourth-order valence-electron chi connectivity index (χ4n) is 2.66. The van der Waals surface area contributed by atoms with Crippen molar-refractivity contribution in [3.05, 3.63) is 0 Å². The molecule has 0 aromatic rings. The van der Waals surface area contributed by atoms with Crippen LogP contribution in [0.5, 0.6) is 0 Å². The highest BCUT2D eigenvalue weighted by Crippen LogP contribution is 2.24. The number of rotatable bonds is 5. The average Bonchev–Trinajstić information content (AvgIpc) is 2.24. The molecule has 0 aromatic carbocycles. The van der Waals surface area contributed by atoms with E-state index in [1.807, 2.05) is 6.92 Å². The molecular formula is C15H32N2O. The lowest BCUT2D eigenvalue weighted by Gasteiger charge is -2.38. The van der Waals surface area contributed by atoms with E-state index in [1.165, 1.54) is 6.42 Å². The van der Waals surface area contributed by atoms with Gasteiger partial charge in [0.1, 0.15) is 0 Å². The van der Waals surface area contributed by atoms with E-state index in [0.717, 1.165) is 39.0 Å². The molecule has 1 fully saturated rings. The van der Waals surface area contributed by atoms with Gasteiger partial charge in [0, 0.05) is 19.1 Å². The highest BCUT2D eigenvalue weighted by molar-refractivity contribution is 4.84. The van der Waals surface area contributed by atoms with E-state index in [1.54, 1.807) is 0 Å². The quantitative estimate of drug-likeness (QED) is 0.792. The predicted octanol–water partition coefficient (Wildman–Crippen LogP) is 2.25. The van der Waals surface area contributed by atoms with Crippen LogP contribution in [0.3, 0.4) is 0 Å². The summed E-state index contributed by atoms with van der Waals surface area (Å²) >= 11 is 0. The van der Waals surface area contributed by atoms with Gasteiger partial charge in [0.05, 0.1) is 5.60 Å². The van der Waals surface area contributed by atoms with E-state index in [0.29, 0.717) is 11.5 Å². The summed E-state index contributed by atoms with van der Waals surface area (Å²) in [5.74, 6) is 0. The van der Waals surface area contributed by atoms with Crippen LogP contribution >= 0.6 is 0 Å². The Morgan fingerprint density at radius 1 is 1.28 bits per heavy atom. The van der Waals surface area contributed by atoms with Gasteiger partial charge in [-0.05, 0) is 44.7 Å². The van der Waals surface area contributed by atoms with E-state index >= 15 is 0 Å². The van der Waals surface area contributed by atoms with E-state index in [2.05, 4.69) is 37.9 Å².